The summed E-state index contributed by atoms with van der Waals surface area (Å²) in [5.74, 6) is -0.837. The molecule has 6 heteroatoms. The second-order valence-corrected chi connectivity index (χ2v) is 4.33. The summed E-state index contributed by atoms with van der Waals surface area (Å²) in [7, 11) is 1.27. The van der Waals surface area contributed by atoms with Crippen LogP contribution in [0.2, 0.25) is 0 Å². The van der Waals surface area contributed by atoms with Gasteiger partial charge >= 0.3 is 12.1 Å². The fourth-order valence-corrected chi connectivity index (χ4v) is 1.54. The van der Waals surface area contributed by atoms with E-state index in [1.54, 1.807) is 13.8 Å². The molecule has 1 rings (SSSR count). The topological polar surface area (TPSA) is 38.3 Å². The van der Waals surface area contributed by atoms with E-state index in [1.165, 1.54) is 13.2 Å². The number of rotatable bonds is 4. The molecule has 0 bridgehead atoms. The number of nitrogens with one attached hydrogen (secondary N) is 1. The second kappa shape index (κ2) is 5.95. The van der Waals surface area contributed by atoms with Gasteiger partial charge in [-0.3, -0.25) is 4.79 Å². The third kappa shape index (κ3) is 4.15. The molecule has 0 amide bonds. The molecule has 106 valence electrons. The Labute approximate surface area is 109 Å². The number of alkyl halides is 3. The van der Waals surface area contributed by atoms with Crippen LogP contribution in [0.5, 0.6) is 0 Å². The molecule has 0 radical (unpaired) electrons. The molecule has 0 aliphatic rings. The van der Waals surface area contributed by atoms with Crippen molar-refractivity contribution in [3.8, 4) is 0 Å². The molecule has 0 aliphatic carbocycles. The zero-order valence-corrected chi connectivity index (χ0v) is 11.0. The number of anilines is 1. The summed E-state index contributed by atoms with van der Waals surface area (Å²) >= 11 is 0. The van der Waals surface area contributed by atoms with Crippen molar-refractivity contribution in [1.82, 2.24) is 0 Å². The molecule has 0 saturated carbocycles. The Balaban J connectivity index is 2.81. The van der Waals surface area contributed by atoms with Crippen LogP contribution in [0.4, 0.5) is 18.9 Å². The number of carbonyl (C=O) groups is 1. The first kappa shape index (κ1) is 15.3. The lowest BCUT2D eigenvalue weighted by Gasteiger charge is -2.15. The number of aryl methyl sites for hydroxylation is 1. The Kier molecular flexibility index (Phi) is 4.80. The molecule has 0 aromatic heterocycles. The monoisotopic (exact) mass is 275 g/mol. The first-order valence-electron chi connectivity index (χ1n) is 5.75. The first-order valence-corrected chi connectivity index (χ1v) is 5.75. The maximum atomic E-state index is 12.6. The zero-order valence-electron chi connectivity index (χ0n) is 11.0. The van der Waals surface area contributed by atoms with Gasteiger partial charge in [-0.2, -0.15) is 13.2 Å². The molecule has 19 heavy (non-hydrogen) atoms. The SMILES string of the molecule is COC(=O)C(C)CNc1cc(C(F)(F)F)ccc1C. The van der Waals surface area contributed by atoms with Crippen LogP contribution < -0.4 is 5.32 Å². The van der Waals surface area contributed by atoms with Crippen molar-refractivity contribution in [2.45, 2.75) is 20.0 Å². The molecule has 0 spiro atoms. The molecule has 0 saturated heterocycles. The van der Waals surface area contributed by atoms with E-state index in [1.807, 2.05) is 0 Å². The lowest BCUT2D eigenvalue weighted by molar-refractivity contribution is -0.144. The largest absolute Gasteiger partial charge is 0.469 e. The fourth-order valence-electron chi connectivity index (χ4n) is 1.54. The number of hydrogen-bond donors (Lipinski definition) is 1. The standard InChI is InChI=1S/C13H16F3NO2/c1-8-4-5-10(13(14,15)16)6-11(8)17-7-9(2)12(18)19-3/h4-6,9,17H,7H2,1-3H3. The number of benzene rings is 1. The van der Waals surface area contributed by atoms with Crippen LogP contribution in [0.1, 0.15) is 18.1 Å². The van der Waals surface area contributed by atoms with Crippen molar-refractivity contribution in [1.29, 1.82) is 0 Å². The molecular weight excluding hydrogens is 259 g/mol. The van der Waals surface area contributed by atoms with E-state index in [0.29, 0.717) is 11.3 Å². The molecule has 1 N–H and O–H groups in total. The van der Waals surface area contributed by atoms with Gasteiger partial charge in [-0.1, -0.05) is 13.0 Å². The second-order valence-electron chi connectivity index (χ2n) is 4.33. The predicted octanol–water partition coefficient (Wildman–Crippen LogP) is 3.23. The molecule has 1 aromatic carbocycles. The van der Waals surface area contributed by atoms with Gasteiger partial charge in [0.1, 0.15) is 0 Å². The summed E-state index contributed by atoms with van der Waals surface area (Å²) in [6.07, 6.45) is -4.38. The van der Waals surface area contributed by atoms with Crippen molar-refractivity contribution in [3.63, 3.8) is 0 Å². The van der Waals surface area contributed by atoms with Crippen LogP contribution in [-0.2, 0) is 15.7 Å². The molecule has 3 nitrogen and oxygen atoms in total. The van der Waals surface area contributed by atoms with Crippen LogP contribution in [-0.4, -0.2) is 19.6 Å². The maximum Gasteiger partial charge on any atom is 0.416 e. The Morgan fingerprint density at radius 2 is 2.05 bits per heavy atom. The lowest BCUT2D eigenvalue weighted by Crippen LogP contribution is -2.22. The Hall–Kier alpha value is -1.72. The maximum absolute atomic E-state index is 12.6. The van der Waals surface area contributed by atoms with Crippen molar-refractivity contribution >= 4 is 11.7 Å². The molecular formula is C13H16F3NO2. The number of carbonyl (C=O) groups excluding carboxylic acids is 1. The van der Waals surface area contributed by atoms with Crippen molar-refractivity contribution in [2.24, 2.45) is 5.92 Å². The fraction of sp³-hybridized carbons (Fsp3) is 0.462. The van der Waals surface area contributed by atoms with Gasteiger partial charge in [-0.15, -0.1) is 0 Å². The van der Waals surface area contributed by atoms with Crippen LogP contribution in [0.15, 0.2) is 18.2 Å². The van der Waals surface area contributed by atoms with Crippen molar-refractivity contribution < 1.29 is 22.7 Å². The molecule has 1 aromatic rings. The van der Waals surface area contributed by atoms with Gasteiger partial charge in [0.15, 0.2) is 0 Å². The summed E-state index contributed by atoms with van der Waals surface area (Å²) in [6, 6.07) is 3.47. The third-order valence-electron chi connectivity index (χ3n) is 2.77. The molecule has 0 aliphatic heterocycles. The van der Waals surface area contributed by atoms with E-state index in [0.717, 1.165) is 12.1 Å². The van der Waals surface area contributed by atoms with Gasteiger partial charge < -0.3 is 10.1 Å². The summed E-state index contributed by atoms with van der Waals surface area (Å²) in [5.41, 5.74) is 0.335. The van der Waals surface area contributed by atoms with E-state index in [9.17, 15) is 18.0 Å². The molecule has 1 atom stereocenters. The predicted molar refractivity (Wildman–Crippen MR) is 65.9 cm³/mol. The average molecular weight is 275 g/mol. The molecule has 1 unspecified atom stereocenters. The minimum Gasteiger partial charge on any atom is -0.469 e. The van der Waals surface area contributed by atoms with Crippen LogP contribution in [0.25, 0.3) is 0 Å². The zero-order chi connectivity index (χ0) is 14.6. The Morgan fingerprint density at radius 1 is 1.42 bits per heavy atom. The van der Waals surface area contributed by atoms with Crippen LogP contribution in [0.3, 0.4) is 0 Å². The number of ether oxygens (including phenoxy) is 1. The van der Waals surface area contributed by atoms with E-state index >= 15 is 0 Å². The third-order valence-corrected chi connectivity index (χ3v) is 2.77. The van der Waals surface area contributed by atoms with E-state index in [-0.39, 0.29) is 6.54 Å². The van der Waals surface area contributed by atoms with Crippen molar-refractivity contribution in [3.05, 3.63) is 29.3 Å². The van der Waals surface area contributed by atoms with Gasteiger partial charge in [-0.05, 0) is 24.6 Å². The summed E-state index contributed by atoms with van der Waals surface area (Å²) < 4.78 is 42.3. The van der Waals surface area contributed by atoms with Gasteiger partial charge in [0, 0.05) is 12.2 Å². The Morgan fingerprint density at radius 3 is 2.58 bits per heavy atom. The highest BCUT2D eigenvalue weighted by atomic mass is 19.4. The molecule has 0 fully saturated rings. The normalized spacial score (nSPS) is 12.9. The van der Waals surface area contributed by atoms with Crippen molar-refractivity contribution in [2.75, 3.05) is 19.0 Å². The van der Waals surface area contributed by atoms with E-state index in [4.69, 9.17) is 0 Å². The summed E-state index contributed by atoms with van der Waals surface area (Å²) in [5, 5.41) is 2.84. The highest BCUT2D eigenvalue weighted by Gasteiger charge is 2.30. The Bertz CT molecular complexity index is 458. The summed E-state index contributed by atoms with van der Waals surface area (Å²) in [4.78, 5) is 11.2. The highest BCUT2D eigenvalue weighted by molar-refractivity contribution is 5.72. The summed E-state index contributed by atoms with van der Waals surface area (Å²) in [6.45, 7) is 3.56. The van der Waals surface area contributed by atoms with Crippen LogP contribution in [0, 0.1) is 12.8 Å². The minimum absolute atomic E-state index is 0.217. The first-order chi connectivity index (χ1) is 8.75. The van der Waals surface area contributed by atoms with Gasteiger partial charge in [0.05, 0.1) is 18.6 Å². The number of hydrogen-bond acceptors (Lipinski definition) is 3. The van der Waals surface area contributed by atoms with Gasteiger partial charge in [0.2, 0.25) is 0 Å². The molecule has 0 heterocycles. The van der Waals surface area contributed by atoms with Gasteiger partial charge in [0.25, 0.3) is 0 Å². The van der Waals surface area contributed by atoms with Crippen LogP contribution >= 0.6 is 0 Å². The number of halogens is 3. The lowest BCUT2D eigenvalue weighted by atomic mass is 10.1. The quantitative estimate of drug-likeness (QED) is 0.857. The minimum atomic E-state index is -4.38. The average Bonchev–Trinajstić information content (AvgIpc) is 2.35. The van der Waals surface area contributed by atoms with Gasteiger partial charge in [-0.25, -0.2) is 0 Å². The smallest absolute Gasteiger partial charge is 0.416 e. The number of esters is 1. The van der Waals surface area contributed by atoms with E-state index < -0.39 is 23.6 Å². The number of methoxy groups -OCH3 is 1. The highest BCUT2D eigenvalue weighted by Crippen LogP contribution is 2.32. The van der Waals surface area contributed by atoms with E-state index in [2.05, 4.69) is 10.1 Å².